The summed E-state index contributed by atoms with van der Waals surface area (Å²) in [4.78, 5) is 11.6. The summed E-state index contributed by atoms with van der Waals surface area (Å²) in [5.74, 6) is -0.568. The number of hydrogen-bond donors (Lipinski definition) is 1. The normalized spacial score (nSPS) is 16.7. The Balaban J connectivity index is 2.13. The lowest BCUT2D eigenvalue weighted by atomic mass is 9.76. The van der Waals surface area contributed by atoms with Crippen molar-refractivity contribution in [2.45, 2.75) is 24.8 Å². The number of tetrazole rings is 1. The molecule has 2 aromatic rings. The summed E-state index contributed by atoms with van der Waals surface area (Å²) in [5, 5.41) is 21.7. The van der Waals surface area contributed by atoms with E-state index in [-0.39, 0.29) is 0 Å². The Labute approximate surface area is 124 Å². The van der Waals surface area contributed by atoms with E-state index in [1.165, 1.54) is 4.68 Å². The van der Waals surface area contributed by atoms with E-state index in [0.29, 0.717) is 34.3 Å². The van der Waals surface area contributed by atoms with E-state index in [4.69, 9.17) is 23.2 Å². The number of carbonyl (C=O) groups is 1. The maximum absolute atomic E-state index is 11.6. The third-order valence-electron chi connectivity index (χ3n) is 3.57. The largest absolute Gasteiger partial charge is 0.479 e. The molecule has 0 saturated heterocycles. The number of carboxylic acid groups (broad SMARTS) is 1. The molecule has 0 atom stereocenters. The van der Waals surface area contributed by atoms with Gasteiger partial charge in [0.25, 0.3) is 0 Å². The molecule has 0 unspecified atom stereocenters. The highest BCUT2D eigenvalue weighted by atomic mass is 35.5. The van der Waals surface area contributed by atoms with Gasteiger partial charge in [0.2, 0.25) is 0 Å². The summed E-state index contributed by atoms with van der Waals surface area (Å²) in [6, 6.07) is 4.91. The quantitative estimate of drug-likeness (QED) is 0.942. The molecule has 1 aromatic carbocycles. The van der Waals surface area contributed by atoms with Crippen molar-refractivity contribution >= 4 is 29.2 Å². The van der Waals surface area contributed by atoms with Crippen molar-refractivity contribution in [3.05, 3.63) is 28.2 Å². The second-order valence-corrected chi connectivity index (χ2v) is 5.64. The van der Waals surface area contributed by atoms with Crippen LogP contribution in [0.5, 0.6) is 0 Å². The standard InChI is InChI=1S/C12H10Cl2N4O2/c13-8-4-7(5-9(14)6-8)10-15-16-17-18(10)12(11(19)20)2-1-3-12/h4-6H,1-3H2,(H,19,20). The number of rotatable bonds is 3. The molecule has 3 rings (SSSR count). The fraction of sp³-hybridized carbons (Fsp3) is 0.333. The predicted molar refractivity (Wildman–Crippen MR) is 72.7 cm³/mol. The summed E-state index contributed by atoms with van der Waals surface area (Å²) in [7, 11) is 0. The van der Waals surface area contributed by atoms with Crippen LogP contribution in [-0.4, -0.2) is 31.3 Å². The second kappa shape index (κ2) is 4.71. The van der Waals surface area contributed by atoms with Crippen molar-refractivity contribution < 1.29 is 9.90 Å². The van der Waals surface area contributed by atoms with E-state index >= 15 is 0 Å². The first kappa shape index (κ1) is 13.3. The lowest BCUT2D eigenvalue weighted by molar-refractivity contribution is -0.153. The van der Waals surface area contributed by atoms with Gasteiger partial charge in [0.1, 0.15) is 0 Å². The topological polar surface area (TPSA) is 80.9 Å². The fourth-order valence-electron chi connectivity index (χ4n) is 2.37. The predicted octanol–water partition coefficient (Wildman–Crippen LogP) is 2.61. The molecule has 104 valence electrons. The van der Waals surface area contributed by atoms with Crippen LogP contribution in [-0.2, 0) is 10.3 Å². The van der Waals surface area contributed by atoms with Crippen LogP contribution in [0.2, 0.25) is 10.0 Å². The number of aliphatic carboxylic acids is 1. The van der Waals surface area contributed by atoms with Crippen LogP contribution >= 0.6 is 23.2 Å². The fourth-order valence-corrected chi connectivity index (χ4v) is 2.89. The maximum atomic E-state index is 11.6. The number of aromatic nitrogens is 4. The van der Waals surface area contributed by atoms with Crippen LogP contribution in [0.25, 0.3) is 11.4 Å². The Bertz CT molecular complexity index is 662. The Morgan fingerprint density at radius 1 is 1.25 bits per heavy atom. The molecule has 8 heteroatoms. The van der Waals surface area contributed by atoms with Gasteiger partial charge in [-0.15, -0.1) is 5.10 Å². The Morgan fingerprint density at radius 3 is 2.40 bits per heavy atom. The molecule has 0 spiro atoms. The minimum atomic E-state index is -1.06. The molecule has 1 aliphatic rings. The van der Waals surface area contributed by atoms with Crippen LogP contribution in [0, 0.1) is 0 Å². The molecule has 0 radical (unpaired) electrons. The zero-order chi connectivity index (χ0) is 14.3. The van der Waals surface area contributed by atoms with E-state index < -0.39 is 11.5 Å². The average Bonchev–Trinajstić information content (AvgIpc) is 2.74. The zero-order valence-corrected chi connectivity index (χ0v) is 11.8. The molecule has 1 fully saturated rings. The van der Waals surface area contributed by atoms with Crippen molar-refractivity contribution in [3.63, 3.8) is 0 Å². The van der Waals surface area contributed by atoms with Gasteiger partial charge >= 0.3 is 5.97 Å². The first-order valence-corrected chi connectivity index (χ1v) is 6.77. The summed E-state index contributed by atoms with van der Waals surface area (Å²) >= 11 is 11.9. The highest BCUT2D eigenvalue weighted by Gasteiger charge is 2.49. The van der Waals surface area contributed by atoms with Gasteiger partial charge in [-0.3, -0.25) is 0 Å². The molecule has 1 aliphatic carbocycles. The van der Waals surface area contributed by atoms with Gasteiger partial charge in [0.05, 0.1) is 0 Å². The number of benzene rings is 1. The lowest BCUT2D eigenvalue weighted by Crippen LogP contribution is -2.48. The summed E-state index contributed by atoms with van der Waals surface area (Å²) in [6.45, 7) is 0. The first-order chi connectivity index (χ1) is 9.53. The van der Waals surface area contributed by atoms with Gasteiger partial charge in [-0.2, -0.15) is 0 Å². The first-order valence-electron chi connectivity index (χ1n) is 6.02. The van der Waals surface area contributed by atoms with Crippen LogP contribution in [0.4, 0.5) is 0 Å². The number of hydrogen-bond acceptors (Lipinski definition) is 4. The van der Waals surface area contributed by atoms with Crippen molar-refractivity contribution in [2.24, 2.45) is 0 Å². The van der Waals surface area contributed by atoms with Gasteiger partial charge in [-0.25, -0.2) is 9.48 Å². The second-order valence-electron chi connectivity index (χ2n) is 4.76. The van der Waals surface area contributed by atoms with Gasteiger partial charge in [0, 0.05) is 15.6 Å². The Kier molecular flexibility index (Phi) is 3.14. The van der Waals surface area contributed by atoms with E-state index in [9.17, 15) is 9.90 Å². The molecule has 0 bridgehead atoms. The number of carboxylic acids is 1. The van der Waals surface area contributed by atoms with Crippen LogP contribution in [0.15, 0.2) is 18.2 Å². The molecule has 0 aliphatic heterocycles. The molecule has 1 saturated carbocycles. The smallest absolute Gasteiger partial charge is 0.331 e. The molecule has 0 amide bonds. The van der Waals surface area contributed by atoms with Crippen LogP contribution in [0.3, 0.4) is 0 Å². The lowest BCUT2D eigenvalue weighted by Gasteiger charge is -2.37. The summed E-state index contributed by atoms with van der Waals surface area (Å²) in [6.07, 6.45) is 1.85. The summed E-state index contributed by atoms with van der Waals surface area (Å²) < 4.78 is 1.36. The Hall–Kier alpha value is -1.66. The minimum Gasteiger partial charge on any atom is -0.479 e. The monoisotopic (exact) mass is 312 g/mol. The molecular weight excluding hydrogens is 303 g/mol. The van der Waals surface area contributed by atoms with Crippen molar-refractivity contribution in [3.8, 4) is 11.4 Å². The molecule has 1 N–H and O–H groups in total. The molecular formula is C12H10Cl2N4O2. The van der Waals surface area contributed by atoms with Gasteiger partial charge in [-0.05, 0) is 47.9 Å². The maximum Gasteiger partial charge on any atom is 0.331 e. The third kappa shape index (κ3) is 1.96. The molecule has 6 nitrogen and oxygen atoms in total. The third-order valence-corrected chi connectivity index (χ3v) is 4.01. The molecule has 20 heavy (non-hydrogen) atoms. The highest BCUT2D eigenvalue weighted by Crippen LogP contribution is 2.41. The van der Waals surface area contributed by atoms with E-state index in [1.54, 1.807) is 18.2 Å². The van der Waals surface area contributed by atoms with Crippen molar-refractivity contribution in [1.29, 1.82) is 0 Å². The van der Waals surface area contributed by atoms with Crippen LogP contribution < -0.4 is 0 Å². The zero-order valence-electron chi connectivity index (χ0n) is 10.3. The Morgan fingerprint density at radius 2 is 1.90 bits per heavy atom. The van der Waals surface area contributed by atoms with Crippen LogP contribution in [0.1, 0.15) is 19.3 Å². The summed E-state index contributed by atoms with van der Waals surface area (Å²) in [5.41, 5.74) is -0.465. The van der Waals surface area contributed by atoms with E-state index in [0.717, 1.165) is 6.42 Å². The molecule has 1 aromatic heterocycles. The van der Waals surface area contributed by atoms with Crippen molar-refractivity contribution in [1.82, 2.24) is 20.2 Å². The molecule has 1 heterocycles. The van der Waals surface area contributed by atoms with Gasteiger partial charge < -0.3 is 5.11 Å². The highest BCUT2D eigenvalue weighted by molar-refractivity contribution is 6.35. The van der Waals surface area contributed by atoms with Crippen molar-refractivity contribution in [2.75, 3.05) is 0 Å². The minimum absolute atomic E-state index is 0.358. The van der Waals surface area contributed by atoms with Gasteiger partial charge in [0.15, 0.2) is 11.4 Å². The SMILES string of the molecule is O=C(O)C1(n2nnnc2-c2cc(Cl)cc(Cl)c2)CCC1. The van der Waals surface area contributed by atoms with Gasteiger partial charge in [-0.1, -0.05) is 23.2 Å². The number of halogens is 2. The van der Waals surface area contributed by atoms with E-state index in [1.807, 2.05) is 0 Å². The number of nitrogens with zero attached hydrogens (tertiary/aromatic N) is 4. The average molecular weight is 313 g/mol. The van der Waals surface area contributed by atoms with E-state index in [2.05, 4.69) is 15.5 Å².